The van der Waals surface area contributed by atoms with E-state index in [1.54, 1.807) is 4.90 Å². The van der Waals surface area contributed by atoms with Gasteiger partial charge >= 0.3 is 0 Å². The molecule has 0 spiro atoms. The number of carbonyl (C=O) groups is 1. The number of carbonyl (C=O) groups excluding carboxylic acids is 1. The van der Waals surface area contributed by atoms with Gasteiger partial charge in [0.05, 0.1) is 13.2 Å². The van der Waals surface area contributed by atoms with Crippen molar-refractivity contribution < 1.29 is 24.3 Å². The maximum Gasteiger partial charge on any atom is 0.276 e. The molecule has 0 bridgehead atoms. The van der Waals surface area contributed by atoms with E-state index < -0.39 is 12.2 Å². The van der Waals surface area contributed by atoms with Crippen molar-refractivity contribution in [2.24, 2.45) is 0 Å². The summed E-state index contributed by atoms with van der Waals surface area (Å²) in [6.07, 6.45) is 3.37. The third kappa shape index (κ3) is 3.02. The Kier molecular flexibility index (Phi) is 4.75. The Labute approximate surface area is 128 Å². The van der Waals surface area contributed by atoms with Crippen LogP contribution in [0.5, 0.6) is 0 Å². The molecule has 2 N–H and O–H groups in total. The number of hydrogen-bond donors (Lipinski definition) is 2. The lowest BCUT2D eigenvalue weighted by Gasteiger charge is -2.34. The molecule has 1 saturated heterocycles. The predicted octanol–water partition coefficient (Wildman–Crippen LogP) is 0.138. The fourth-order valence-corrected chi connectivity index (χ4v) is 3.09. The number of aryl methyl sites for hydroxylation is 1. The summed E-state index contributed by atoms with van der Waals surface area (Å²) in [6.45, 7) is 0.664. The van der Waals surface area contributed by atoms with E-state index in [4.69, 9.17) is 14.4 Å². The van der Waals surface area contributed by atoms with Crippen LogP contribution in [0.3, 0.4) is 0 Å². The number of amides is 1. The van der Waals surface area contributed by atoms with Gasteiger partial charge in [-0.1, -0.05) is 11.6 Å². The third-order valence-corrected chi connectivity index (χ3v) is 4.40. The van der Waals surface area contributed by atoms with Crippen molar-refractivity contribution in [3.63, 3.8) is 0 Å². The van der Waals surface area contributed by atoms with Crippen LogP contribution in [-0.2, 0) is 17.6 Å². The van der Waals surface area contributed by atoms with Crippen molar-refractivity contribution >= 4 is 5.91 Å². The number of aliphatic hydroxyl groups excluding tert-OH is 2. The quantitative estimate of drug-likeness (QED) is 0.771. The lowest BCUT2D eigenvalue weighted by molar-refractivity contribution is -0.0938. The summed E-state index contributed by atoms with van der Waals surface area (Å²) in [5, 5.41) is 22.7. The summed E-state index contributed by atoms with van der Waals surface area (Å²) in [6, 6.07) is 0. The molecule has 3 rings (SSSR count). The largest absolute Gasteiger partial charge is 0.394 e. The summed E-state index contributed by atoms with van der Waals surface area (Å²) in [7, 11) is 0. The van der Waals surface area contributed by atoms with Gasteiger partial charge in [-0.25, -0.2) is 0 Å². The van der Waals surface area contributed by atoms with E-state index in [9.17, 15) is 9.90 Å². The normalized spacial score (nSPS) is 23.7. The number of nitrogens with zero attached hydrogens (tertiary/aromatic N) is 2. The van der Waals surface area contributed by atoms with Crippen molar-refractivity contribution in [2.45, 2.75) is 44.3 Å². The smallest absolute Gasteiger partial charge is 0.276 e. The van der Waals surface area contributed by atoms with Gasteiger partial charge in [-0.05, 0) is 19.3 Å². The molecular weight excluding hydrogens is 288 g/mol. The molecule has 0 saturated carbocycles. The second kappa shape index (κ2) is 6.76. The highest BCUT2D eigenvalue weighted by Crippen LogP contribution is 2.25. The Morgan fingerprint density at radius 1 is 1.36 bits per heavy atom. The van der Waals surface area contributed by atoms with E-state index >= 15 is 0 Å². The first-order valence-electron chi connectivity index (χ1n) is 7.88. The summed E-state index contributed by atoms with van der Waals surface area (Å²) < 4.78 is 10.8. The van der Waals surface area contributed by atoms with E-state index in [-0.39, 0.29) is 19.1 Å². The van der Waals surface area contributed by atoms with Crippen LogP contribution >= 0.6 is 0 Å². The van der Waals surface area contributed by atoms with E-state index in [0.717, 1.165) is 43.4 Å². The molecule has 7 nitrogen and oxygen atoms in total. The Morgan fingerprint density at radius 3 is 3.00 bits per heavy atom. The number of aromatic nitrogens is 1. The van der Waals surface area contributed by atoms with Crippen molar-refractivity contribution in [2.75, 3.05) is 26.3 Å². The highest BCUT2D eigenvalue weighted by atomic mass is 16.5. The molecule has 2 atom stereocenters. The lowest BCUT2D eigenvalue weighted by Crippen LogP contribution is -2.51. The summed E-state index contributed by atoms with van der Waals surface area (Å²) in [5.41, 5.74) is 1.34. The number of hydrogen-bond acceptors (Lipinski definition) is 6. The van der Waals surface area contributed by atoms with Gasteiger partial charge in [-0.15, -0.1) is 0 Å². The Morgan fingerprint density at radius 2 is 2.18 bits per heavy atom. The first-order valence-corrected chi connectivity index (χ1v) is 7.88. The van der Waals surface area contributed by atoms with Crippen molar-refractivity contribution in [1.82, 2.24) is 10.1 Å². The van der Waals surface area contributed by atoms with Gasteiger partial charge in [-0.2, -0.15) is 0 Å². The van der Waals surface area contributed by atoms with Crippen LogP contribution in [0.1, 0.15) is 41.1 Å². The zero-order chi connectivity index (χ0) is 15.5. The number of morpholine rings is 1. The zero-order valence-corrected chi connectivity index (χ0v) is 12.5. The Balaban J connectivity index is 1.75. The number of fused-ring (bicyclic) bond motifs is 1. The Hall–Kier alpha value is -1.44. The average Bonchev–Trinajstić information content (AvgIpc) is 2.82. The minimum Gasteiger partial charge on any atom is -0.394 e. The third-order valence-electron chi connectivity index (χ3n) is 4.40. The maximum atomic E-state index is 12.7. The molecule has 1 aliphatic carbocycles. The van der Waals surface area contributed by atoms with E-state index in [1.807, 2.05) is 0 Å². The van der Waals surface area contributed by atoms with Gasteiger partial charge in [0.2, 0.25) is 0 Å². The van der Waals surface area contributed by atoms with Crippen LogP contribution in [-0.4, -0.2) is 64.7 Å². The molecule has 2 aliphatic rings. The minimum absolute atomic E-state index is 0.176. The molecule has 1 amide bonds. The molecule has 1 aromatic rings. The molecule has 22 heavy (non-hydrogen) atoms. The molecular formula is C15H22N2O5. The van der Waals surface area contributed by atoms with Crippen LogP contribution < -0.4 is 0 Å². The average molecular weight is 310 g/mol. The van der Waals surface area contributed by atoms with E-state index in [0.29, 0.717) is 18.8 Å². The van der Waals surface area contributed by atoms with Gasteiger partial charge in [0.15, 0.2) is 5.69 Å². The van der Waals surface area contributed by atoms with Crippen LogP contribution in [0, 0.1) is 0 Å². The van der Waals surface area contributed by atoms with E-state index in [1.165, 1.54) is 0 Å². The molecule has 1 aliphatic heterocycles. The molecule has 0 unspecified atom stereocenters. The van der Waals surface area contributed by atoms with E-state index in [2.05, 4.69) is 5.16 Å². The summed E-state index contributed by atoms with van der Waals surface area (Å²) in [4.78, 5) is 14.3. The minimum atomic E-state index is -0.981. The molecule has 0 radical (unpaired) electrons. The fraction of sp³-hybridized carbons (Fsp3) is 0.733. The number of aliphatic hydroxyl groups is 2. The second-order valence-electron chi connectivity index (χ2n) is 5.90. The van der Waals surface area contributed by atoms with Crippen molar-refractivity contribution in [1.29, 1.82) is 0 Å². The van der Waals surface area contributed by atoms with Crippen LogP contribution in [0.15, 0.2) is 4.52 Å². The van der Waals surface area contributed by atoms with Gasteiger partial charge in [0.25, 0.3) is 5.91 Å². The molecule has 2 heterocycles. The predicted molar refractivity (Wildman–Crippen MR) is 76.5 cm³/mol. The van der Waals surface area contributed by atoms with Gasteiger partial charge in [-0.3, -0.25) is 4.79 Å². The van der Waals surface area contributed by atoms with Gasteiger partial charge < -0.3 is 24.4 Å². The standard InChI is InChI=1S/C15H22N2O5/c18-9-11(19)13-8-17(6-7-21-13)15(20)14-10-4-2-1-3-5-12(10)22-16-14/h11,13,18-19H,1-9H2/t11-,13-/m0/s1. The molecule has 1 aromatic heterocycles. The summed E-state index contributed by atoms with van der Waals surface area (Å²) in [5.74, 6) is 0.659. The van der Waals surface area contributed by atoms with Gasteiger partial charge in [0, 0.05) is 25.1 Å². The van der Waals surface area contributed by atoms with Gasteiger partial charge in [0.1, 0.15) is 18.0 Å². The second-order valence-corrected chi connectivity index (χ2v) is 5.90. The number of ether oxygens (including phenoxy) is 1. The number of rotatable bonds is 3. The summed E-state index contributed by atoms with van der Waals surface area (Å²) >= 11 is 0. The first kappa shape index (κ1) is 15.5. The van der Waals surface area contributed by atoms with Crippen LogP contribution in [0.4, 0.5) is 0 Å². The molecule has 1 fully saturated rings. The topological polar surface area (TPSA) is 96.0 Å². The first-order chi connectivity index (χ1) is 10.7. The fourth-order valence-electron chi connectivity index (χ4n) is 3.09. The molecule has 122 valence electrons. The Bertz CT molecular complexity index is 530. The molecule has 0 aromatic carbocycles. The van der Waals surface area contributed by atoms with Crippen molar-refractivity contribution in [3.8, 4) is 0 Å². The zero-order valence-electron chi connectivity index (χ0n) is 12.5. The maximum absolute atomic E-state index is 12.7. The van der Waals surface area contributed by atoms with Crippen LogP contribution in [0.25, 0.3) is 0 Å². The molecule has 7 heteroatoms. The lowest BCUT2D eigenvalue weighted by atomic mass is 10.1. The highest BCUT2D eigenvalue weighted by Gasteiger charge is 2.32. The van der Waals surface area contributed by atoms with Crippen molar-refractivity contribution in [3.05, 3.63) is 17.0 Å². The monoisotopic (exact) mass is 310 g/mol. The SMILES string of the molecule is O=C(c1noc2c1CCCCC2)N1CCO[C@H]([C@@H](O)CO)C1. The van der Waals surface area contributed by atoms with Crippen LogP contribution in [0.2, 0.25) is 0 Å². The highest BCUT2D eigenvalue weighted by molar-refractivity contribution is 5.94.